The number of halogens is 4. The van der Waals surface area contributed by atoms with Gasteiger partial charge in [0.05, 0.1) is 0 Å². The Morgan fingerprint density at radius 1 is 1.00 bits per heavy atom. The molecule has 0 spiro atoms. The second-order valence-corrected chi connectivity index (χ2v) is 1.30. The van der Waals surface area contributed by atoms with Crippen LogP contribution in [0.15, 0.2) is 0 Å². The molecule has 0 aromatic carbocycles. The zero-order valence-electron chi connectivity index (χ0n) is 4.64. The van der Waals surface area contributed by atoms with Crippen molar-refractivity contribution in [1.82, 2.24) is 0 Å². The lowest BCUT2D eigenvalue weighted by Gasteiger charge is -2.04. The van der Waals surface area contributed by atoms with Crippen LogP contribution in [0.2, 0.25) is 0 Å². The largest absolute Gasteiger partial charge is 0.444 e. The summed E-state index contributed by atoms with van der Waals surface area (Å²) in [5, 5.41) is 0. The van der Waals surface area contributed by atoms with Gasteiger partial charge >= 0.3 is 17.9 Å². The van der Waals surface area contributed by atoms with E-state index in [0.29, 0.717) is 0 Å². The van der Waals surface area contributed by atoms with Crippen molar-refractivity contribution in [3.8, 4) is 0 Å². The molecule has 0 bridgehead atoms. The number of hydrogen-bond donors (Lipinski definition) is 0. The first-order valence-corrected chi connectivity index (χ1v) is 2.00. The van der Waals surface area contributed by atoms with Crippen molar-refractivity contribution in [2.45, 2.75) is 5.92 Å². The Balaban J connectivity index is 4.44. The van der Waals surface area contributed by atoms with E-state index < -0.39 is 17.9 Å². The molecule has 0 amide bonds. The van der Waals surface area contributed by atoms with Gasteiger partial charge in [-0.15, -0.1) is 0 Å². The van der Waals surface area contributed by atoms with Gasteiger partial charge in [-0.05, 0) is 0 Å². The standard InChI is InChI=1S/C3F4O4/c4-3(5,1(8)10-6)2(9)11-7. The van der Waals surface area contributed by atoms with E-state index in [1.807, 2.05) is 9.88 Å². The molecular weight excluding hydrogens is 176 g/mol. The van der Waals surface area contributed by atoms with Gasteiger partial charge in [-0.2, -0.15) is 8.78 Å². The van der Waals surface area contributed by atoms with Crippen LogP contribution in [0.4, 0.5) is 17.8 Å². The predicted octanol–water partition coefficient (Wildman–Crippen LogP) is 0.477. The quantitative estimate of drug-likeness (QED) is 0.453. The fourth-order valence-corrected chi connectivity index (χ4v) is 0.180. The smallest absolute Gasteiger partial charge is 0.247 e. The van der Waals surface area contributed by atoms with Gasteiger partial charge in [0.2, 0.25) is 0 Å². The van der Waals surface area contributed by atoms with E-state index in [1.165, 1.54) is 0 Å². The highest BCUT2D eigenvalue weighted by Crippen LogP contribution is 2.17. The van der Waals surface area contributed by atoms with Gasteiger partial charge in [-0.25, -0.2) is 19.5 Å². The highest BCUT2D eigenvalue weighted by molar-refractivity contribution is 6.00. The minimum absolute atomic E-state index is 1.98. The molecule has 0 atom stereocenters. The Hall–Kier alpha value is -1.34. The molecule has 64 valence electrons. The summed E-state index contributed by atoms with van der Waals surface area (Å²) >= 11 is 0. The van der Waals surface area contributed by atoms with Gasteiger partial charge in [0.1, 0.15) is 0 Å². The minimum atomic E-state index is -4.95. The van der Waals surface area contributed by atoms with E-state index >= 15 is 0 Å². The molecule has 0 rings (SSSR count). The van der Waals surface area contributed by atoms with Gasteiger partial charge in [0.15, 0.2) is 0 Å². The van der Waals surface area contributed by atoms with Crippen molar-refractivity contribution in [3.63, 3.8) is 0 Å². The van der Waals surface area contributed by atoms with Gasteiger partial charge < -0.3 is 0 Å². The molecular formula is C3F4O4. The summed E-state index contributed by atoms with van der Waals surface area (Å²) < 4.78 is 45.0. The van der Waals surface area contributed by atoms with Crippen LogP contribution >= 0.6 is 0 Å². The lowest BCUT2D eigenvalue weighted by molar-refractivity contribution is -0.233. The van der Waals surface area contributed by atoms with Crippen LogP contribution in [0, 0.1) is 0 Å². The highest BCUT2D eigenvalue weighted by Gasteiger charge is 2.53. The first-order chi connectivity index (χ1) is 4.96. The highest BCUT2D eigenvalue weighted by atomic mass is 19.3. The Kier molecular flexibility index (Phi) is 2.78. The molecule has 0 aliphatic rings. The van der Waals surface area contributed by atoms with Crippen LogP contribution in [0.25, 0.3) is 0 Å². The van der Waals surface area contributed by atoms with Crippen molar-refractivity contribution in [3.05, 3.63) is 0 Å². The maximum absolute atomic E-state index is 11.8. The fraction of sp³-hybridized carbons (Fsp3) is 0.333. The van der Waals surface area contributed by atoms with E-state index in [0.717, 1.165) is 0 Å². The molecule has 0 aromatic rings. The number of carbonyl (C=O) groups excluding carboxylic acids is 2. The molecule has 0 saturated heterocycles. The molecule has 0 aliphatic carbocycles. The molecule has 0 fully saturated rings. The Morgan fingerprint density at radius 3 is 1.45 bits per heavy atom. The number of rotatable bonds is 2. The molecule has 4 nitrogen and oxygen atoms in total. The third kappa shape index (κ3) is 1.79. The van der Waals surface area contributed by atoms with Crippen molar-refractivity contribution in [2.24, 2.45) is 0 Å². The lowest BCUT2D eigenvalue weighted by atomic mass is 10.3. The van der Waals surface area contributed by atoms with Crippen molar-refractivity contribution < 1.29 is 37.3 Å². The molecule has 0 N–H and O–H groups in total. The predicted molar refractivity (Wildman–Crippen MR) is 19.3 cm³/mol. The minimum Gasteiger partial charge on any atom is -0.247 e. The average Bonchev–Trinajstić information content (AvgIpc) is 2.01. The number of alkyl halides is 2. The summed E-state index contributed by atoms with van der Waals surface area (Å²) in [6.45, 7) is 0. The van der Waals surface area contributed by atoms with Crippen LogP contribution in [0.3, 0.4) is 0 Å². The molecule has 11 heavy (non-hydrogen) atoms. The second-order valence-electron chi connectivity index (χ2n) is 1.30. The number of carbonyl (C=O) groups is 2. The Labute approximate surface area is 56.5 Å². The lowest BCUT2D eigenvalue weighted by Crippen LogP contribution is -2.38. The fourth-order valence-electron chi connectivity index (χ4n) is 0.180. The van der Waals surface area contributed by atoms with Crippen LogP contribution < -0.4 is 0 Å². The van der Waals surface area contributed by atoms with E-state index in [4.69, 9.17) is 0 Å². The first kappa shape index (κ1) is 9.66. The van der Waals surface area contributed by atoms with Crippen LogP contribution in [-0.4, -0.2) is 17.9 Å². The molecule has 0 aliphatic heterocycles. The van der Waals surface area contributed by atoms with E-state index in [9.17, 15) is 27.4 Å². The first-order valence-electron chi connectivity index (χ1n) is 2.00. The van der Waals surface area contributed by atoms with Gasteiger partial charge in [0.25, 0.3) is 0 Å². The second kappa shape index (κ2) is 3.17. The summed E-state index contributed by atoms with van der Waals surface area (Å²) in [4.78, 5) is 23.2. The van der Waals surface area contributed by atoms with Gasteiger partial charge in [-0.3, -0.25) is 0 Å². The average molecular weight is 176 g/mol. The van der Waals surface area contributed by atoms with Gasteiger partial charge in [-0.1, -0.05) is 0 Å². The molecule has 0 unspecified atom stereocenters. The normalized spacial score (nSPS) is 10.5. The SMILES string of the molecule is O=C(OF)C(F)(F)C(=O)OF. The topological polar surface area (TPSA) is 52.6 Å². The molecule has 0 radical (unpaired) electrons. The zero-order chi connectivity index (χ0) is 9.07. The third-order valence-corrected chi connectivity index (χ3v) is 0.653. The van der Waals surface area contributed by atoms with E-state index in [1.54, 1.807) is 0 Å². The summed E-state index contributed by atoms with van der Waals surface area (Å²) in [5.74, 6) is -10.6. The summed E-state index contributed by atoms with van der Waals surface area (Å²) in [7, 11) is 0. The summed E-state index contributed by atoms with van der Waals surface area (Å²) in [6, 6.07) is 0. The van der Waals surface area contributed by atoms with E-state index in [-0.39, 0.29) is 0 Å². The molecule has 0 saturated carbocycles. The zero-order valence-corrected chi connectivity index (χ0v) is 4.64. The Bertz CT molecular complexity index is 160. The maximum Gasteiger partial charge on any atom is 0.444 e. The maximum atomic E-state index is 11.8. The monoisotopic (exact) mass is 176 g/mol. The molecule has 0 aromatic heterocycles. The van der Waals surface area contributed by atoms with E-state index in [2.05, 4.69) is 0 Å². The van der Waals surface area contributed by atoms with Crippen LogP contribution in [0.1, 0.15) is 0 Å². The number of hydrogen-bond acceptors (Lipinski definition) is 4. The van der Waals surface area contributed by atoms with Crippen molar-refractivity contribution in [1.29, 1.82) is 0 Å². The van der Waals surface area contributed by atoms with Gasteiger partial charge in [0, 0.05) is 9.05 Å². The van der Waals surface area contributed by atoms with Crippen LogP contribution in [-0.2, 0) is 19.5 Å². The molecule has 0 heterocycles. The summed E-state index contributed by atoms with van der Waals surface area (Å²) in [5.41, 5.74) is 0. The van der Waals surface area contributed by atoms with Crippen molar-refractivity contribution >= 4 is 11.9 Å². The third-order valence-electron chi connectivity index (χ3n) is 0.653. The summed E-state index contributed by atoms with van der Waals surface area (Å²) in [6.07, 6.45) is 0. The molecule has 8 heteroatoms. The van der Waals surface area contributed by atoms with Crippen molar-refractivity contribution in [2.75, 3.05) is 0 Å². The van der Waals surface area contributed by atoms with Crippen LogP contribution in [0.5, 0.6) is 0 Å². The Morgan fingerprint density at radius 2 is 1.27 bits per heavy atom.